The smallest absolute Gasteiger partial charge is 0.0412 e. The lowest BCUT2D eigenvalue weighted by Crippen LogP contribution is -2.07. The van der Waals surface area contributed by atoms with E-state index in [0.29, 0.717) is 0 Å². The summed E-state index contributed by atoms with van der Waals surface area (Å²) in [7, 11) is 0. The molecule has 0 aliphatic heterocycles. The molecule has 0 bridgehead atoms. The molecule has 0 fully saturated rings. The number of hydrogen-bond acceptors (Lipinski definition) is 0. The van der Waals surface area contributed by atoms with Crippen molar-refractivity contribution >= 4 is 0 Å². The van der Waals surface area contributed by atoms with Gasteiger partial charge in [-0.2, -0.15) is 0 Å². The number of unbranched alkanes of at least 4 members (excludes halogenated alkanes) is 11. The molecule has 0 heteroatoms. The third-order valence-electron chi connectivity index (χ3n) is 5.72. The molecule has 24 heavy (non-hydrogen) atoms. The van der Waals surface area contributed by atoms with Crippen molar-refractivity contribution in [3.63, 3.8) is 0 Å². The lowest BCUT2D eigenvalue weighted by Gasteiger charge is -2.21. The molecule has 0 spiro atoms. The number of rotatable bonds is 19. The molecule has 0 radical (unpaired) electrons. The fraction of sp³-hybridized carbons (Fsp3) is 1.00. The second-order valence-corrected chi connectivity index (χ2v) is 8.46. The molecule has 0 aliphatic rings. The molecule has 0 N–H and O–H groups in total. The molecule has 0 aliphatic carbocycles. The summed E-state index contributed by atoms with van der Waals surface area (Å²) in [6, 6.07) is 0. The first-order valence-corrected chi connectivity index (χ1v) is 11.7. The Hall–Kier alpha value is 0. The SMILES string of the molecule is CCCCCCCC(C)CC(CCCCCC)CCCCCCC. The van der Waals surface area contributed by atoms with Gasteiger partial charge >= 0.3 is 0 Å². The zero-order valence-corrected chi connectivity index (χ0v) is 17.9. The van der Waals surface area contributed by atoms with Gasteiger partial charge in [0.1, 0.15) is 0 Å². The van der Waals surface area contributed by atoms with E-state index in [2.05, 4.69) is 27.7 Å². The molecule has 0 saturated carbocycles. The van der Waals surface area contributed by atoms with Crippen molar-refractivity contribution in [3.05, 3.63) is 0 Å². The molecule has 0 aromatic carbocycles. The first-order chi connectivity index (χ1) is 11.7. The van der Waals surface area contributed by atoms with Crippen LogP contribution in [0.3, 0.4) is 0 Å². The standard InChI is InChI=1S/C24H50/c1-5-8-11-14-16-19-23(4)22-24(20-17-13-10-7-3)21-18-15-12-9-6-2/h23-24H,5-22H2,1-4H3. The molecule has 0 amide bonds. The summed E-state index contributed by atoms with van der Waals surface area (Å²) in [5, 5.41) is 0. The summed E-state index contributed by atoms with van der Waals surface area (Å²) < 4.78 is 0. The Kier molecular flexibility index (Phi) is 19.3. The van der Waals surface area contributed by atoms with Gasteiger partial charge in [-0.1, -0.05) is 137 Å². The van der Waals surface area contributed by atoms with Crippen LogP contribution in [0.4, 0.5) is 0 Å². The van der Waals surface area contributed by atoms with E-state index in [0.717, 1.165) is 11.8 Å². The largest absolute Gasteiger partial charge is 0.0654 e. The van der Waals surface area contributed by atoms with Crippen molar-refractivity contribution in [3.8, 4) is 0 Å². The normalized spacial score (nSPS) is 14.0. The van der Waals surface area contributed by atoms with Crippen molar-refractivity contribution in [2.45, 2.75) is 143 Å². The van der Waals surface area contributed by atoms with Gasteiger partial charge in [0.2, 0.25) is 0 Å². The van der Waals surface area contributed by atoms with Gasteiger partial charge in [0, 0.05) is 0 Å². The predicted molar refractivity (Wildman–Crippen MR) is 113 cm³/mol. The van der Waals surface area contributed by atoms with Crippen molar-refractivity contribution in [1.82, 2.24) is 0 Å². The van der Waals surface area contributed by atoms with Crippen LogP contribution >= 0.6 is 0 Å². The van der Waals surface area contributed by atoms with Gasteiger partial charge < -0.3 is 0 Å². The molecule has 0 rings (SSSR count). The number of hydrogen-bond donors (Lipinski definition) is 0. The highest BCUT2D eigenvalue weighted by molar-refractivity contribution is 4.66. The van der Waals surface area contributed by atoms with Gasteiger partial charge in [-0.05, 0) is 18.3 Å². The third-order valence-corrected chi connectivity index (χ3v) is 5.72. The predicted octanol–water partition coefficient (Wildman–Crippen LogP) is 9.32. The molecule has 0 saturated heterocycles. The Labute approximate surface area is 155 Å². The van der Waals surface area contributed by atoms with Gasteiger partial charge in [0.05, 0.1) is 0 Å². The van der Waals surface area contributed by atoms with E-state index in [1.165, 1.54) is 116 Å². The Balaban J connectivity index is 3.92. The second kappa shape index (κ2) is 19.3. The molecule has 0 aromatic heterocycles. The van der Waals surface area contributed by atoms with Crippen LogP contribution < -0.4 is 0 Å². The summed E-state index contributed by atoms with van der Waals surface area (Å²) in [5.74, 6) is 1.98. The van der Waals surface area contributed by atoms with E-state index in [4.69, 9.17) is 0 Å². The van der Waals surface area contributed by atoms with E-state index in [9.17, 15) is 0 Å². The minimum atomic E-state index is 0.957. The fourth-order valence-corrected chi connectivity index (χ4v) is 4.06. The van der Waals surface area contributed by atoms with Crippen LogP contribution in [0.25, 0.3) is 0 Å². The molecule has 0 nitrogen and oxygen atoms in total. The van der Waals surface area contributed by atoms with Gasteiger partial charge in [-0.3, -0.25) is 0 Å². The maximum atomic E-state index is 2.52. The van der Waals surface area contributed by atoms with Crippen LogP contribution in [-0.2, 0) is 0 Å². The van der Waals surface area contributed by atoms with Gasteiger partial charge in [0.15, 0.2) is 0 Å². The summed E-state index contributed by atoms with van der Waals surface area (Å²) in [4.78, 5) is 0. The lowest BCUT2D eigenvalue weighted by atomic mass is 9.85. The van der Waals surface area contributed by atoms with Crippen LogP contribution in [0.5, 0.6) is 0 Å². The lowest BCUT2D eigenvalue weighted by molar-refractivity contribution is 0.313. The Morgan fingerprint density at radius 1 is 0.458 bits per heavy atom. The van der Waals surface area contributed by atoms with Gasteiger partial charge in [0.25, 0.3) is 0 Å². The highest BCUT2D eigenvalue weighted by Gasteiger charge is 2.13. The maximum absolute atomic E-state index is 2.52. The minimum Gasteiger partial charge on any atom is -0.0654 e. The van der Waals surface area contributed by atoms with Crippen LogP contribution in [0, 0.1) is 11.8 Å². The highest BCUT2D eigenvalue weighted by atomic mass is 14.2. The second-order valence-electron chi connectivity index (χ2n) is 8.46. The summed E-state index contributed by atoms with van der Waals surface area (Å²) >= 11 is 0. The van der Waals surface area contributed by atoms with Crippen molar-refractivity contribution < 1.29 is 0 Å². The van der Waals surface area contributed by atoms with E-state index >= 15 is 0 Å². The van der Waals surface area contributed by atoms with Crippen LogP contribution in [0.15, 0.2) is 0 Å². The Morgan fingerprint density at radius 2 is 0.833 bits per heavy atom. The summed E-state index contributed by atoms with van der Waals surface area (Å²) in [6.07, 6.45) is 26.2. The van der Waals surface area contributed by atoms with Crippen LogP contribution in [0.1, 0.15) is 143 Å². The minimum absolute atomic E-state index is 0.957. The molecule has 2 atom stereocenters. The summed E-state index contributed by atoms with van der Waals surface area (Å²) in [5.41, 5.74) is 0. The topological polar surface area (TPSA) is 0 Å². The van der Waals surface area contributed by atoms with Gasteiger partial charge in [-0.25, -0.2) is 0 Å². The van der Waals surface area contributed by atoms with E-state index in [1.54, 1.807) is 0 Å². The first-order valence-electron chi connectivity index (χ1n) is 11.7. The third kappa shape index (κ3) is 16.8. The molecule has 2 unspecified atom stereocenters. The van der Waals surface area contributed by atoms with E-state index in [1.807, 2.05) is 0 Å². The van der Waals surface area contributed by atoms with E-state index < -0.39 is 0 Å². The molecular weight excluding hydrogens is 288 g/mol. The van der Waals surface area contributed by atoms with Crippen LogP contribution in [-0.4, -0.2) is 0 Å². The average Bonchev–Trinajstić information content (AvgIpc) is 2.58. The van der Waals surface area contributed by atoms with Crippen molar-refractivity contribution in [2.24, 2.45) is 11.8 Å². The van der Waals surface area contributed by atoms with Crippen molar-refractivity contribution in [2.75, 3.05) is 0 Å². The highest BCUT2D eigenvalue weighted by Crippen LogP contribution is 2.27. The average molecular weight is 339 g/mol. The Morgan fingerprint density at radius 3 is 1.29 bits per heavy atom. The maximum Gasteiger partial charge on any atom is -0.0412 e. The molecule has 0 aromatic rings. The fourth-order valence-electron chi connectivity index (χ4n) is 4.06. The first kappa shape index (κ1) is 24.0. The van der Waals surface area contributed by atoms with Gasteiger partial charge in [-0.15, -0.1) is 0 Å². The molecular formula is C24H50. The monoisotopic (exact) mass is 338 g/mol. The van der Waals surface area contributed by atoms with Crippen LogP contribution in [0.2, 0.25) is 0 Å². The van der Waals surface area contributed by atoms with Crippen molar-refractivity contribution in [1.29, 1.82) is 0 Å². The molecule has 146 valence electrons. The zero-order valence-electron chi connectivity index (χ0n) is 17.9. The molecule has 0 heterocycles. The summed E-state index contributed by atoms with van der Waals surface area (Å²) in [6.45, 7) is 9.48. The zero-order chi connectivity index (χ0) is 17.9. The quantitative estimate of drug-likeness (QED) is 0.206. The Bertz CT molecular complexity index is 220. The van der Waals surface area contributed by atoms with E-state index in [-0.39, 0.29) is 0 Å².